The van der Waals surface area contributed by atoms with Gasteiger partial charge in [0.05, 0.1) is 5.75 Å². The summed E-state index contributed by atoms with van der Waals surface area (Å²) in [5.41, 5.74) is 0.559. The molecule has 0 saturated heterocycles. The normalized spacial score (nSPS) is 10.6. The molecule has 0 aliphatic rings. The second-order valence-electron chi connectivity index (χ2n) is 3.91. The number of thioether (sulfide) groups is 1. The molecule has 5 nitrogen and oxygen atoms in total. The van der Waals surface area contributed by atoms with E-state index in [9.17, 15) is 9.59 Å². The standard InChI is InChI=1S/C11H17N3O2S/c1-4-8-5-9(15)14-11(13-8)17-6-10(16)12-7(2)3/h5,7H,4,6H2,1-3H3,(H,12,16)(H,13,14,15). The summed E-state index contributed by atoms with van der Waals surface area (Å²) in [7, 11) is 0. The maximum atomic E-state index is 11.4. The molecule has 0 saturated carbocycles. The van der Waals surface area contributed by atoms with Crippen molar-refractivity contribution in [3.8, 4) is 0 Å². The van der Waals surface area contributed by atoms with Crippen molar-refractivity contribution in [2.45, 2.75) is 38.4 Å². The summed E-state index contributed by atoms with van der Waals surface area (Å²) in [6.45, 7) is 5.74. The summed E-state index contributed by atoms with van der Waals surface area (Å²) in [6.07, 6.45) is 0.704. The highest BCUT2D eigenvalue weighted by molar-refractivity contribution is 7.99. The highest BCUT2D eigenvalue weighted by Crippen LogP contribution is 2.10. The predicted molar refractivity (Wildman–Crippen MR) is 68.2 cm³/mol. The molecule has 0 radical (unpaired) electrons. The molecular formula is C11H17N3O2S. The molecule has 0 spiro atoms. The third kappa shape index (κ3) is 5.04. The highest BCUT2D eigenvalue weighted by atomic mass is 32.2. The smallest absolute Gasteiger partial charge is 0.251 e. The van der Waals surface area contributed by atoms with E-state index in [4.69, 9.17) is 0 Å². The molecule has 1 aromatic heterocycles. The number of H-pyrrole nitrogens is 1. The van der Waals surface area contributed by atoms with Gasteiger partial charge in [0, 0.05) is 17.8 Å². The molecule has 6 heteroatoms. The fourth-order valence-corrected chi connectivity index (χ4v) is 1.94. The number of nitrogens with zero attached hydrogens (tertiary/aromatic N) is 1. The quantitative estimate of drug-likeness (QED) is 0.607. The van der Waals surface area contributed by atoms with Crippen LogP contribution in [0.1, 0.15) is 26.5 Å². The van der Waals surface area contributed by atoms with Crippen LogP contribution in [0.3, 0.4) is 0 Å². The first-order chi connectivity index (χ1) is 8.01. The van der Waals surface area contributed by atoms with Crippen molar-refractivity contribution in [1.29, 1.82) is 0 Å². The zero-order valence-corrected chi connectivity index (χ0v) is 11.1. The zero-order chi connectivity index (χ0) is 12.8. The van der Waals surface area contributed by atoms with Crippen LogP contribution >= 0.6 is 11.8 Å². The Bertz CT molecular complexity index is 443. The number of hydrogen-bond acceptors (Lipinski definition) is 4. The van der Waals surface area contributed by atoms with E-state index in [2.05, 4.69) is 15.3 Å². The van der Waals surface area contributed by atoms with Gasteiger partial charge in [-0.3, -0.25) is 9.59 Å². The molecule has 1 aromatic rings. The first kappa shape index (κ1) is 13.8. The molecule has 0 atom stereocenters. The monoisotopic (exact) mass is 255 g/mol. The third-order valence-electron chi connectivity index (χ3n) is 1.92. The minimum absolute atomic E-state index is 0.0606. The van der Waals surface area contributed by atoms with Gasteiger partial charge in [-0.1, -0.05) is 18.7 Å². The zero-order valence-electron chi connectivity index (χ0n) is 10.2. The second-order valence-corrected chi connectivity index (χ2v) is 4.87. The van der Waals surface area contributed by atoms with Gasteiger partial charge in [-0.05, 0) is 20.3 Å². The van der Waals surface area contributed by atoms with Gasteiger partial charge in [-0.15, -0.1) is 0 Å². The molecule has 17 heavy (non-hydrogen) atoms. The van der Waals surface area contributed by atoms with Crippen molar-refractivity contribution in [3.05, 3.63) is 22.1 Å². The van der Waals surface area contributed by atoms with Crippen molar-refractivity contribution in [1.82, 2.24) is 15.3 Å². The summed E-state index contributed by atoms with van der Waals surface area (Å²) >= 11 is 1.24. The average Bonchev–Trinajstić information content (AvgIpc) is 2.24. The minimum Gasteiger partial charge on any atom is -0.353 e. The predicted octanol–water partition coefficient (Wildman–Crippen LogP) is 0.949. The molecule has 1 amide bonds. The Kier molecular flexibility index (Phi) is 5.21. The van der Waals surface area contributed by atoms with Gasteiger partial charge < -0.3 is 10.3 Å². The van der Waals surface area contributed by atoms with Crippen LogP contribution in [-0.4, -0.2) is 27.7 Å². The van der Waals surface area contributed by atoms with E-state index in [1.54, 1.807) is 0 Å². The number of carbonyl (C=O) groups excluding carboxylic acids is 1. The maximum Gasteiger partial charge on any atom is 0.251 e. The molecule has 0 aliphatic heterocycles. The van der Waals surface area contributed by atoms with Crippen LogP contribution in [0.5, 0.6) is 0 Å². The number of carbonyl (C=O) groups is 1. The summed E-state index contributed by atoms with van der Waals surface area (Å²) in [5, 5.41) is 3.27. The Labute approximate surface area is 104 Å². The molecular weight excluding hydrogens is 238 g/mol. The number of aromatic nitrogens is 2. The van der Waals surface area contributed by atoms with Crippen molar-refractivity contribution in [3.63, 3.8) is 0 Å². The van der Waals surface area contributed by atoms with Crippen LogP contribution in [0.4, 0.5) is 0 Å². The molecule has 0 aromatic carbocycles. The van der Waals surface area contributed by atoms with E-state index in [-0.39, 0.29) is 23.3 Å². The van der Waals surface area contributed by atoms with E-state index in [0.717, 1.165) is 5.69 Å². The lowest BCUT2D eigenvalue weighted by atomic mass is 10.3. The molecule has 1 heterocycles. The van der Waals surface area contributed by atoms with Crippen molar-refractivity contribution in [2.75, 3.05) is 5.75 Å². The van der Waals surface area contributed by atoms with E-state index in [1.807, 2.05) is 20.8 Å². The van der Waals surface area contributed by atoms with Gasteiger partial charge >= 0.3 is 0 Å². The van der Waals surface area contributed by atoms with Crippen LogP contribution in [0.25, 0.3) is 0 Å². The molecule has 0 aliphatic carbocycles. The fraction of sp³-hybridized carbons (Fsp3) is 0.545. The van der Waals surface area contributed by atoms with E-state index >= 15 is 0 Å². The molecule has 0 unspecified atom stereocenters. The minimum atomic E-state index is -0.177. The third-order valence-corrected chi connectivity index (χ3v) is 2.80. The van der Waals surface area contributed by atoms with Gasteiger partial charge in [0.1, 0.15) is 0 Å². The number of amides is 1. The highest BCUT2D eigenvalue weighted by Gasteiger charge is 2.06. The van der Waals surface area contributed by atoms with Gasteiger partial charge in [0.2, 0.25) is 5.91 Å². The number of rotatable bonds is 5. The van der Waals surface area contributed by atoms with E-state index in [1.165, 1.54) is 17.8 Å². The Morgan fingerprint density at radius 3 is 2.88 bits per heavy atom. The van der Waals surface area contributed by atoms with Crippen LogP contribution in [-0.2, 0) is 11.2 Å². The van der Waals surface area contributed by atoms with Crippen LogP contribution in [0.15, 0.2) is 16.0 Å². The van der Waals surface area contributed by atoms with Crippen LogP contribution in [0, 0.1) is 0 Å². The van der Waals surface area contributed by atoms with Crippen LogP contribution < -0.4 is 10.9 Å². The van der Waals surface area contributed by atoms with Gasteiger partial charge in [-0.25, -0.2) is 4.98 Å². The van der Waals surface area contributed by atoms with Crippen molar-refractivity contribution >= 4 is 17.7 Å². The number of hydrogen-bond donors (Lipinski definition) is 2. The Balaban J connectivity index is 2.60. The Morgan fingerprint density at radius 1 is 1.59 bits per heavy atom. The van der Waals surface area contributed by atoms with E-state index < -0.39 is 0 Å². The number of aromatic amines is 1. The molecule has 0 bridgehead atoms. The van der Waals surface area contributed by atoms with E-state index in [0.29, 0.717) is 11.6 Å². The molecule has 1 rings (SSSR count). The van der Waals surface area contributed by atoms with Gasteiger partial charge in [0.15, 0.2) is 5.16 Å². The summed E-state index contributed by atoms with van der Waals surface area (Å²) in [4.78, 5) is 29.5. The SMILES string of the molecule is CCc1cc(=O)[nH]c(SCC(=O)NC(C)C)n1. The average molecular weight is 255 g/mol. The summed E-state index contributed by atoms with van der Waals surface area (Å²) in [5.74, 6) is 0.198. The number of aryl methyl sites for hydroxylation is 1. The molecule has 2 N–H and O–H groups in total. The second kappa shape index (κ2) is 6.44. The largest absolute Gasteiger partial charge is 0.353 e. The lowest BCUT2D eigenvalue weighted by Crippen LogP contribution is -2.31. The van der Waals surface area contributed by atoms with Gasteiger partial charge in [-0.2, -0.15) is 0 Å². The maximum absolute atomic E-state index is 11.4. The van der Waals surface area contributed by atoms with Crippen LogP contribution in [0.2, 0.25) is 0 Å². The van der Waals surface area contributed by atoms with Crippen molar-refractivity contribution in [2.24, 2.45) is 0 Å². The summed E-state index contributed by atoms with van der Waals surface area (Å²) in [6, 6.07) is 1.59. The lowest BCUT2D eigenvalue weighted by Gasteiger charge is -2.07. The first-order valence-electron chi connectivity index (χ1n) is 5.53. The Hall–Kier alpha value is -1.30. The number of nitrogens with one attached hydrogen (secondary N) is 2. The lowest BCUT2D eigenvalue weighted by molar-refractivity contribution is -0.119. The molecule has 94 valence electrons. The van der Waals surface area contributed by atoms with Crippen molar-refractivity contribution < 1.29 is 4.79 Å². The first-order valence-corrected chi connectivity index (χ1v) is 6.52. The fourth-order valence-electron chi connectivity index (χ4n) is 1.23. The molecule has 0 fully saturated rings. The topological polar surface area (TPSA) is 74.8 Å². The Morgan fingerprint density at radius 2 is 2.29 bits per heavy atom. The van der Waals surface area contributed by atoms with Gasteiger partial charge in [0.25, 0.3) is 5.56 Å². The summed E-state index contributed by atoms with van der Waals surface area (Å²) < 4.78 is 0.